The average molecular weight is 411 g/mol. The number of nitro groups is 1. The highest BCUT2D eigenvalue weighted by Gasteiger charge is 2.21. The van der Waals surface area contributed by atoms with Crippen molar-refractivity contribution in [1.82, 2.24) is 4.90 Å². The van der Waals surface area contributed by atoms with Gasteiger partial charge in [0.2, 0.25) is 5.91 Å². The molecule has 1 saturated heterocycles. The lowest BCUT2D eigenvalue weighted by Gasteiger charge is -2.16. The van der Waals surface area contributed by atoms with Crippen molar-refractivity contribution in [2.75, 3.05) is 11.9 Å². The second kappa shape index (κ2) is 9.17. The molecule has 1 atom stereocenters. The molecule has 9 nitrogen and oxygen atoms in total. The third-order valence-electron chi connectivity index (χ3n) is 4.71. The van der Waals surface area contributed by atoms with E-state index < -0.39 is 22.9 Å². The molecule has 30 heavy (non-hydrogen) atoms. The summed E-state index contributed by atoms with van der Waals surface area (Å²) in [5, 5.41) is 13.3. The molecule has 0 aliphatic carbocycles. The van der Waals surface area contributed by atoms with Crippen LogP contribution in [0.3, 0.4) is 0 Å². The molecule has 1 fully saturated rings. The normalized spacial score (nSPS) is 14.3. The summed E-state index contributed by atoms with van der Waals surface area (Å²) in [4.78, 5) is 48.3. The summed E-state index contributed by atoms with van der Waals surface area (Å²) in [6, 6.07) is 12.1. The van der Waals surface area contributed by atoms with E-state index in [1.807, 2.05) is 0 Å². The largest absolute Gasteiger partial charge is 0.449 e. The number of non-ortho nitro benzene ring substituents is 1. The highest BCUT2D eigenvalue weighted by Crippen LogP contribution is 2.18. The molecule has 0 unspecified atom stereocenters. The molecule has 0 saturated carbocycles. The van der Waals surface area contributed by atoms with E-state index in [0.29, 0.717) is 13.0 Å². The summed E-state index contributed by atoms with van der Waals surface area (Å²) in [5.74, 6) is -1.14. The van der Waals surface area contributed by atoms with E-state index in [-0.39, 0.29) is 22.8 Å². The number of anilines is 1. The minimum atomic E-state index is -1.10. The zero-order chi connectivity index (χ0) is 21.7. The lowest BCUT2D eigenvalue weighted by molar-refractivity contribution is -0.384. The average Bonchev–Trinajstić information content (AvgIpc) is 3.13. The van der Waals surface area contributed by atoms with Gasteiger partial charge < -0.3 is 15.0 Å². The van der Waals surface area contributed by atoms with Gasteiger partial charge in [0.1, 0.15) is 0 Å². The first kappa shape index (κ1) is 21.0. The minimum absolute atomic E-state index is 0.127. The number of carbonyl (C=O) groups excluding carboxylic acids is 3. The SMILES string of the molecule is C[C@@H](OC(=O)c1ccc(CN2CCCC2=O)cc1)C(=O)Nc1cccc([N+](=O)[O-])c1. The summed E-state index contributed by atoms with van der Waals surface area (Å²) in [6.07, 6.45) is 0.332. The van der Waals surface area contributed by atoms with Crippen molar-refractivity contribution in [2.45, 2.75) is 32.4 Å². The Labute approximate surface area is 172 Å². The summed E-state index contributed by atoms with van der Waals surface area (Å²) in [6.45, 7) is 2.65. The van der Waals surface area contributed by atoms with Crippen LogP contribution in [0.2, 0.25) is 0 Å². The van der Waals surface area contributed by atoms with Gasteiger partial charge in [-0.25, -0.2) is 4.79 Å². The fourth-order valence-electron chi connectivity index (χ4n) is 3.06. The second-order valence-corrected chi connectivity index (χ2v) is 6.96. The minimum Gasteiger partial charge on any atom is -0.449 e. The Morgan fingerprint density at radius 1 is 1.23 bits per heavy atom. The number of likely N-dealkylation sites (tertiary alicyclic amines) is 1. The van der Waals surface area contributed by atoms with E-state index in [1.165, 1.54) is 31.2 Å². The van der Waals surface area contributed by atoms with E-state index in [9.17, 15) is 24.5 Å². The summed E-state index contributed by atoms with van der Waals surface area (Å²) in [5.41, 5.74) is 1.26. The van der Waals surface area contributed by atoms with Crippen LogP contribution in [0.4, 0.5) is 11.4 Å². The molecule has 1 aliphatic rings. The van der Waals surface area contributed by atoms with Crippen LogP contribution in [0.5, 0.6) is 0 Å². The Kier molecular flexibility index (Phi) is 6.41. The van der Waals surface area contributed by atoms with Crippen LogP contribution in [0.25, 0.3) is 0 Å². The number of nitro benzene ring substituents is 1. The highest BCUT2D eigenvalue weighted by molar-refractivity contribution is 5.97. The van der Waals surface area contributed by atoms with Crippen molar-refractivity contribution in [3.8, 4) is 0 Å². The van der Waals surface area contributed by atoms with Crippen molar-refractivity contribution in [3.63, 3.8) is 0 Å². The molecule has 0 bridgehead atoms. The lowest BCUT2D eigenvalue weighted by atomic mass is 10.1. The number of benzene rings is 2. The smallest absolute Gasteiger partial charge is 0.338 e. The molecular formula is C21H21N3O6. The number of carbonyl (C=O) groups is 3. The quantitative estimate of drug-likeness (QED) is 0.425. The van der Waals surface area contributed by atoms with Gasteiger partial charge in [0.25, 0.3) is 11.6 Å². The van der Waals surface area contributed by atoms with Gasteiger partial charge in [-0.3, -0.25) is 19.7 Å². The van der Waals surface area contributed by atoms with Crippen molar-refractivity contribution in [1.29, 1.82) is 0 Å². The number of hydrogen-bond donors (Lipinski definition) is 1. The van der Waals surface area contributed by atoms with Gasteiger partial charge in [-0.2, -0.15) is 0 Å². The number of ether oxygens (including phenoxy) is 1. The fraction of sp³-hybridized carbons (Fsp3) is 0.286. The van der Waals surface area contributed by atoms with E-state index in [4.69, 9.17) is 4.74 Å². The Morgan fingerprint density at radius 2 is 1.97 bits per heavy atom. The van der Waals surface area contributed by atoms with Crippen molar-refractivity contribution >= 4 is 29.2 Å². The highest BCUT2D eigenvalue weighted by atomic mass is 16.6. The Hall–Kier alpha value is -3.75. The number of rotatable bonds is 7. The molecule has 3 rings (SSSR count). The zero-order valence-electron chi connectivity index (χ0n) is 16.4. The topological polar surface area (TPSA) is 119 Å². The maximum Gasteiger partial charge on any atom is 0.338 e. The summed E-state index contributed by atoms with van der Waals surface area (Å²) in [7, 11) is 0. The van der Waals surface area contributed by atoms with Crippen molar-refractivity contribution in [3.05, 3.63) is 69.8 Å². The fourth-order valence-corrected chi connectivity index (χ4v) is 3.06. The van der Waals surface area contributed by atoms with Crippen molar-refractivity contribution < 1.29 is 24.0 Å². The molecule has 2 aromatic carbocycles. The Morgan fingerprint density at radius 3 is 2.60 bits per heavy atom. The van der Waals surface area contributed by atoms with E-state index in [2.05, 4.69) is 5.32 Å². The predicted octanol–water partition coefficient (Wildman–Crippen LogP) is 2.90. The molecular weight excluding hydrogens is 390 g/mol. The monoisotopic (exact) mass is 411 g/mol. The summed E-state index contributed by atoms with van der Waals surface area (Å²) < 4.78 is 5.19. The third-order valence-corrected chi connectivity index (χ3v) is 4.71. The van der Waals surface area contributed by atoms with Crippen LogP contribution >= 0.6 is 0 Å². The lowest BCUT2D eigenvalue weighted by Crippen LogP contribution is -2.30. The molecule has 1 aliphatic heterocycles. The molecule has 0 aromatic heterocycles. The molecule has 2 amide bonds. The van der Waals surface area contributed by atoms with Gasteiger partial charge in [-0.1, -0.05) is 18.2 Å². The molecule has 9 heteroatoms. The molecule has 1 N–H and O–H groups in total. The maximum atomic E-state index is 12.3. The first-order chi connectivity index (χ1) is 14.3. The van der Waals surface area contributed by atoms with Crippen molar-refractivity contribution in [2.24, 2.45) is 0 Å². The Balaban J connectivity index is 1.55. The van der Waals surface area contributed by atoms with Gasteiger partial charge in [-0.15, -0.1) is 0 Å². The standard InChI is InChI=1S/C21H21N3O6/c1-14(20(26)22-17-4-2-5-18(12-17)24(28)29)30-21(27)16-9-7-15(8-10-16)13-23-11-3-6-19(23)25/h2,4-5,7-10,12,14H,3,6,11,13H2,1H3,(H,22,26)/t14-/m1/s1. The van der Waals surface area contributed by atoms with Gasteiger partial charge >= 0.3 is 5.97 Å². The molecule has 156 valence electrons. The van der Waals surface area contributed by atoms with E-state index >= 15 is 0 Å². The molecule has 0 spiro atoms. The summed E-state index contributed by atoms with van der Waals surface area (Å²) >= 11 is 0. The van der Waals surface area contributed by atoms with Crippen LogP contribution in [-0.4, -0.2) is 40.3 Å². The van der Waals surface area contributed by atoms with Crippen LogP contribution in [0.15, 0.2) is 48.5 Å². The second-order valence-electron chi connectivity index (χ2n) is 6.96. The number of nitrogens with one attached hydrogen (secondary N) is 1. The van der Waals surface area contributed by atoms with Crippen LogP contribution in [0, 0.1) is 10.1 Å². The Bertz CT molecular complexity index is 973. The number of esters is 1. The van der Waals surface area contributed by atoms with Crippen LogP contribution in [0.1, 0.15) is 35.7 Å². The molecule has 2 aromatic rings. The number of nitrogens with zero attached hydrogens (tertiary/aromatic N) is 2. The maximum absolute atomic E-state index is 12.3. The number of hydrogen-bond acceptors (Lipinski definition) is 6. The van der Waals surface area contributed by atoms with Gasteiger partial charge in [-0.05, 0) is 37.1 Å². The first-order valence-electron chi connectivity index (χ1n) is 9.46. The van der Waals surface area contributed by atoms with Gasteiger partial charge in [0, 0.05) is 37.3 Å². The third kappa shape index (κ3) is 5.19. The van der Waals surface area contributed by atoms with Gasteiger partial charge in [0.15, 0.2) is 6.10 Å². The molecule has 1 heterocycles. The van der Waals surface area contributed by atoms with E-state index in [1.54, 1.807) is 29.2 Å². The first-order valence-corrected chi connectivity index (χ1v) is 9.46. The van der Waals surface area contributed by atoms with Crippen LogP contribution < -0.4 is 5.32 Å². The number of amides is 2. The van der Waals surface area contributed by atoms with E-state index in [0.717, 1.165) is 18.5 Å². The van der Waals surface area contributed by atoms with Crippen LogP contribution in [-0.2, 0) is 20.9 Å². The zero-order valence-corrected chi connectivity index (χ0v) is 16.4. The predicted molar refractivity (Wildman–Crippen MR) is 108 cm³/mol. The van der Waals surface area contributed by atoms with Gasteiger partial charge in [0.05, 0.1) is 10.5 Å². The molecule has 0 radical (unpaired) electrons.